The zero-order valence-electron chi connectivity index (χ0n) is 11.8. The first-order chi connectivity index (χ1) is 9.75. The lowest BCUT2D eigenvalue weighted by Crippen LogP contribution is -2.47. The van der Waals surface area contributed by atoms with Gasteiger partial charge >= 0.3 is 0 Å². The second-order valence-corrected chi connectivity index (χ2v) is 5.58. The summed E-state index contributed by atoms with van der Waals surface area (Å²) in [5.74, 6) is 0.0897. The fourth-order valence-electron chi connectivity index (χ4n) is 2.92. The average Bonchev–Trinajstić information content (AvgIpc) is 2.98. The summed E-state index contributed by atoms with van der Waals surface area (Å²) in [6, 6.07) is 10.2. The van der Waals surface area contributed by atoms with Crippen molar-refractivity contribution in [1.82, 2.24) is 4.90 Å². The Hall–Kier alpha value is -1.84. The lowest BCUT2D eigenvalue weighted by molar-refractivity contribution is -0.145. The van der Waals surface area contributed by atoms with Crippen LogP contribution in [0.1, 0.15) is 38.2 Å². The van der Waals surface area contributed by atoms with Crippen LogP contribution in [-0.4, -0.2) is 35.2 Å². The number of hydrogen-bond donors (Lipinski definition) is 0. The molecule has 2 heterocycles. The number of benzene rings is 1. The van der Waals surface area contributed by atoms with Crippen molar-refractivity contribution in [3.8, 4) is 0 Å². The smallest absolute Gasteiger partial charge is 0.267 e. The van der Waals surface area contributed by atoms with E-state index in [4.69, 9.17) is 4.84 Å². The molecule has 1 aromatic carbocycles. The number of hydrogen-bond acceptors (Lipinski definition) is 3. The van der Waals surface area contributed by atoms with Crippen LogP contribution in [0, 0.1) is 0 Å². The Morgan fingerprint density at radius 1 is 1.30 bits per heavy atom. The van der Waals surface area contributed by atoms with Crippen LogP contribution < -0.4 is 0 Å². The molecule has 0 aromatic heterocycles. The van der Waals surface area contributed by atoms with Crippen molar-refractivity contribution in [3.05, 3.63) is 35.9 Å². The number of carbonyl (C=O) groups is 1. The van der Waals surface area contributed by atoms with Crippen molar-refractivity contribution in [2.75, 3.05) is 6.54 Å². The van der Waals surface area contributed by atoms with Crippen molar-refractivity contribution in [2.24, 2.45) is 5.16 Å². The van der Waals surface area contributed by atoms with Crippen LogP contribution in [0.3, 0.4) is 0 Å². The van der Waals surface area contributed by atoms with Gasteiger partial charge in [0.15, 0.2) is 0 Å². The Labute approximate surface area is 119 Å². The lowest BCUT2D eigenvalue weighted by atomic mass is 10.0. The monoisotopic (exact) mass is 272 g/mol. The van der Waals surface area contributed by atoms with Gasteiger partial charge in [-0.3, -0.25) is 4.79 Å². The minimum atomic E-state index is -0.439. The zero-order valence-corrected chi connectivity index (χ0v) is 11.8. The van der Waals surface area contributed by atoms with Gasteiger partial charge in [0.2, 0.25) is 6.10 Å². The number of likely N-dealkylation sites (tertiary alicyclic amines) is 1. The molecule has 2 atom stereocenters. The molecular weight excluding hydrogens is 252 g/mol. The maximum atomic E-state index is 12.5. The number of nitrogens with zero attached hydrogens (tertiary/aromatic N) is 2. The maximum absolute atomic E-state index is 12.5. The summed E-state index contributed by atoms with van der Waals surface area (Å²) in [7, 11) is 0. The molecule has 106 valence electrons. The second kappa shape index (κ2) is 5.65. The number of oxime groups is 1. The predicted molar refractivity (Wildman–Crippen MR) is 77.5 cm³/mol. The molecule has 2 aliphatic rings. The topological polar surface area (TPSA) is 41.9 Å². The van der Waals surface area contributed by atoms with Gasteiger partial charge in [0.1, 0.15) is 0 Å². The molecule has 0 radical (unpaired) electrons. The van der Waals surface area contributed by atoms with Crippen LogP contribution in [-0.2, 0) is 9.63 Å². The zero-order chi connectivity index (χ0) is 13.9. The molecule has 0 N–H and O–H groups in total. The second-order valence-electron chi connectivity index (χ2n) is 5.58. The van der Waals surface area contributed by atoms with Crippen molar-refractivity contribution < 1.29 is 9.63 Å². The normalized spacial score (nSPS) is 26.1. The van der Waals surface area contributed by atoms with Gasteiger partial charge in [-0.1, -0.05) is 35.5 Å². The Kier molecular flexibility index (Phi) is 3.72. The van der Waals surface area contributed by atoms with E-state index in [9.17, 15) is 4.79 Å². The third-order valence-corrected chi connectivity index (χ3v) is 4.14. The Morgan fingerprint density at radius 3 is 2.85 bits per heavy atom. The highest BCUT2D eigenvalue weighted by molar-refractivity contribution is 6.04. The molecule has 2 aliphatic heterocycles. The molecule has 0 bridgehead atoms. The van der Waals surface area contributed by atoms with E-state index in [2.05, 4.69) is 12.1 Å². The number of rotatable bonds is 2. The predicted octanol–water partition coefficient (Wildman–Crippen LogP) is 2.58. The van der Waals surface area contributed by atoms with Crippen molar-refractivity contribution >= 4 is 11.6 Å². The standard InChI is InChI=1S/C16H20N2O2/c1-12-7-5-6-10-18(12)16(19)15-11-14(17-20-15)13-8-3-2-4-9-13/h2-4,8-9,12,15H,5-7,10-11H2,1H3/t12-,15+/m0/s1. The highest BCUT2D eigenvalue weighted by Crippen LogP contribution is 2.23. The number of amides is 1. The first kappa shape index (κ1) is 13.2. The van der Waals surface area contributed by atoms with Gasteiger partial charge in [0.25, 0.3) is 5.91 Å². The van der Waals surface area contributed by atoms with Crippen molar-refractivity contribution in [2.45, 2.75) is 44.8 Å². The summed E-state index contributed by atoms with van der Waals surface area (Å²) in [6.45, 7) is 2.96. The summed E-state index contributed by atoms with van der Waals surface area (Å²) in [5, 5.41) is 4.10. The van der Waals surface area contributed by atoms with Crippen LogP contribution in [0.5, 0.6) is 0 Å². The molecule has 0 aliphatic carbocycles. The fourth-order valence-corrected chi connectivity index (χ4v) is 2.92. The Bertz CT molecular complexity index is 512. The van der Waals surface area contributed by atoms with Gasteiger partial charge in [0.05, 0.1) is 5.71 Å². The molecule has 1 fully saturated rings. The van der Waals surface area contributed by atoms with E-state index < -0.39 is 6.10 Å². The third-order valence-electron chi connectivity index (χ3n) is 4.14. The summed E-state index contributed by atoms with van der Waals surface area (Å²) >= 11 is 0. The Morgan fingerprint density at radius 2 is 2.10 bits per heavy atom. The Balaban J connectivity index is 1.65. The molecule has 4 heteroatoms. The van der Waals surface area contributed by atoms with E-state index in [1.54, 1.807) is 0 Å². The molecule has 1 aromatic rings. The lowest BCUT2D eigenvalue weighted by Gasteiger charge is -2.34. The highest BCUT2D eigenvalue weighted by atomic mass is 16.6. The number of carbonyl (C=O) groups excluding carboxylic acids is 1. The molecule has 1 saturated heterocycles. The number of piperidine rings is 1. The van der Waals surface area contributed by atoms with Crippen LogP contribution >= 0.6 is 0 Å². The van der Waals surface area contributed by atoms with Crippen LogP contribution in [0.15, 0.2) is 35.5 Å². The van der Waals surface area contributed by atoms with E-state index in [1.807, 2.05) is 35.2 Å². The highest BCUT2D eigenvalue weighted by Gasteiger charge is 2.34. The van der Waals surface area contributed by atoms with Gasteiger partial charge in [0, 0.05) is 19.0 Å². The third kappa shape index (κ3) is 2.55. The molecule has 3 rings (SSSR count). The summed E-state index contributed by atoms with van der Waals surface area (Å²) in [4.78, 5) is 19.9. The summed E-state index contributed by atoms with van der Waals surface area (Å²) in [5.41, 5.74) is 1.91. The SMILES string of the molecule is C[C@H]1CCCCN1C(=O)[C@H]1CC(c2ccccc2)=NO1. The molecular formula is C16H20N2O2. The minimum Gasteiger partial charge on any atom is -0.382 e. The van der Waals surface area contributed by atoms with E-state index in [0.717, 1.165) is 30.7 Å². The summed E-state index contributed by atoms with van der Waals surface area (Å²) in [6.07, 6.45) is 3.53. The van der Waals surface area contributed by atoms with Gasteiger partial charge in [-0.05, 0) is 31.7 Å². The largest absolute Gasteiger partial charge is 0.382 e. The van der Waals surface area contributed by atoms with Crippen LogP contribution in [0.4, 0.5) is 0 Å². The van der Waals surface area contributed by atoms with Crippen molar-refractivity contribution in [1.29, 1.82) is 0 Å². The van der Waals surface area contributed by atoms with E-state index in [0.29, 0.717) is 12.5 Å². The van der Waals surface area contributed by atoms with Gasteiger partial charge in [-0.2, -0.15) is 0 Å². The van der Waals surface area contributed by atoms with E-state index in [-0.39, 0.29) is 5.91 Å². The van der Waals surface area contributed by atoms with Crippen LogP contribution in [0.2, 0.25) is 0 Å². The first-order valence-corrected chi connectivity index (χ1v) is 7.34. The van der Waals surface area contributed by atoms with Gasteiger partial charge < -0.3 is 9.74 Å². The van der Waals surface area contributed by atoms with Gasteiger partial charge in [-0.15, -0.1) is 0 Å². The molecule has 1 amide bonds. The average molecular weight is 272 g/mol. The minimum absolute atomic E-state index is 0.0897. The molecule has 0 spiro atoms. The van der Waals surface area contributed by atoms with E-state index >= 15 is 0 Å². The fraction of sp³-hybridized carbons (Fsp3) is 0.500. The first-order valence-electron chi connectivity index (χ1n) is 7.34. The quantitative estimate of drug-likeness (QED) is 0.830. The van der Waals surface area contributed by atoms with E-state index in [1.165, 1.54) is 6.42 Å². The molecule has 20 heavy (non-hydrogen) atoms. The van der Waals surface area contributed by atoms with Crippen LogP contribution in [0.25, 0.3) is 0 Å². The molecule has 0 unspecified atom stereocenters. The molecule has 0 saturated carbocycles. The molecule has 4 nitrogen and oxygen atoms in total. The van der Waals surface area contributed by atoms with Crippen molar-refractivity contribution in [3.63, 3.8) is 0 Å². The van der Waals surface area contributed by atoms with Gasteiger partial charge in [-0.25, -0.2) is 0 Å². The maximum Gasteiger partial charge on any atom is 0.267 e. The summed E-state index contributed by atoms with van der Waals surface area (Å²) < 4.78 is 0.